The summed E-state index contributed by atoms with van der Waals surface area (Å²) in [6.07, 6.45) is 15.3. The van der Waals surface area contributed by atoms with Crippen molar-refractivity contribution in [2.45, 2.75) is 41.4 Å². The molecule has 0 spiro atoms. The van der Waals surface area contributed by atoms with Crippen molar-refractivity contribution in [2.24, 2.45) is 0 Å². The van der Waals surface area contributed by atoms with Crippen LogP contribution in [0.15, 0.2) is 105 Å². The molecule has 0 radical (unpaired) electrons. The number of thioether (sulfide) groups is 2. The molecule has 0 aromatic heterocycles. The van der Waals surface area contributed by atoms with Gasteiger partial charge in [-0.2, -0.15) is 0 Å². The summed E-state index contributed by atoms with van der Waals surface area (Å²) in [5, 5.41) is 1.81. The summed E-state index contributed by atoms with van der Waals surface area (Å²) in [6.45, 7) is 3.24. The van der Waals surface area contributed by atoms with E-state index in [0.717, 1.165) is 6.54 Å². The Bertz CT molecular complexity index is 1100. The van der Waals surface area contributed by atoms with E-state index >= 15 is 0 Å². The molecular weight excluding hydrogens is 416 g/mol. The molecule has 2 atom stereocenters. The number of hydrogen-bond donors (Lipinski definition) is 1. The van der Waals surface area contributed by atoms with Crippen molar-refractivity contribution < 1.29 is 4.90 Å². The van der Waals surface area contributed by atoms with Crippen LogP contribution >= 0.6 is 23.5 Å². The quantitative estimate of drug-likeness (QED) is 0.588. The molecule has 2 aromatic carbocycles. The van der Waals surface area contributed by atoms with Gasteiger partial charge in [-0.05, 0) is 67.7 Å². The number of nitrogens with zero attached hydrogens (tertiary/aromatic N) is 1. The number of para-hydroxylation sites is 2. The number of allylic oxidation sites excluding steroid dienone is 6. The highest BCUT2D eigenvalue weighted by molar-refractivity contribution is 8.03. The van der Waals surface area contributed by atoms with Crippen molar-refractivity contribution >= 4 is 34.9 Å². The lowest BCUT2D eigenvalue weighted by Gasteiger charge is -2.19. The number of likely N-dealkylation sites (N-methyl/N-ethyl adjacent to an activating group) is 1. The molecule has 2 aliphatic heterocycles. The van der Waals surface area contributed by atoms with E-state index < -0.39 is 0 Å². The predicted molar refractivity (Wildman–Crippen MR) is 135 cm³/mol. The van der Waals surface area contributed by atoms with Gasteiger partial charge in [0.25, 0.3) is 0 Å². The Kier molecular flexibility index (Phi) is 6.13. The van der Waals surface area contributed by atoms with Crippen LogP contribution in [-0.2, 0) is 0 Å². The fourth-order valence-electron chi connectivity index (χ4n) is 4.51. The molecule has 0 amide bonds. The second-order valence-electron chi connectivity index (χ2n) is 8.21. The number of nitrogens with one attached hydrogen (secondary N) is 1. The Morgan fingerprint density at radius 2 is 1.87 bits per heavy atom. The van der Waals surface area contributed by atoms with E-state index in [-0.39, 0.29) is 0 Å². The van der Waals surface area contributed by atoms with Crippen molar-refractivity contribution in [3.8, 4) is 0 Å². The van der Waals surface area contributed by atoms with Gasteiger partial charge in [0, 0.05) is 17.5 Å². The van der Waals surface area contributed by atoms with E-state index in [1.807, 2.05) is 23.5 Å². The van der Waals surface area contributed by atoms with Crippen LogP contribution in [0.2, 0.25) is 0 Å². The van der Waals surface area contributed by atoms with Crippen LogP contribution < -0.4 is 9.80 Å². The van der Waals surface area contributed by atoms with E-state index in [1.165, 1.54) is 61.5 Å². The van der Waals surface area contributed by atoms with Crippen LogP contribution in [0.3, 0.4) is 0 Å². The first-order valence-corrected chi connectivity index (χ1v) is 12.9. The monoisotopic (exact) mass is 445 g/mol. The standard InChI is InChI=1S/C27H28N2S2/c1-3-29-23-14-5-7-16-25(23)31-27(29)19-21-12-8-10-20(18-21)11-9-17-26-28(2)22-13-4-6-15-24(22)30-26/h4-7,9,11,13-19,26H,3,8,10,12H2,1-2H3/p+1/b17-9+,20-11-,27-19?. The van der Waals surface area contributed by atoms with Crippen LogP contribution in [-0.4, -0.2) is 19.0 Å². The summed E-state index contributed by atoms with van der Waals surface area (Å²) >= 11 is 3.86. The molecule has 2 nitrogen and oxygen atoms in total. The molecule has 0 saturated carbocycles. The fraction of sp³-hybridized carbons (Fsp3) is 0.259. The van der Waals surface area contributed by atoms with Crippen LogP contribution in [0, 0.1) is 0 Å². The highest BCUT2D eigenvalue weighted by atomic mass is 32.2. The minimum absolute atomic E-state index is 0.454. The Hall–Kier alpha value is -2.14. The number of anilines is 1. The SMILES string of the molecule is CCN1C(=CC2=C/C(=C\C=C\C3Sc4ccccc4[NH+]3C)CCC2)Sc2ccccc21. The largest absolute Gasteiger partial charge is 0.335 e. The van der Waals surface area contributed by atoms with E-state index in [0.29, 0.717) is 5.37 Å². The molecule has 2 heterocycles. The molecule has 0 saturated heterocycles. The topological polar surface area (TPSA) is 7.68 Å². The molecule has 31 heavy (non-hydrogen) atoms. The van der Waals surface area contributed by atoms with Gasteiger partial charge in [0.2, 0.25) is 0 Å². The van der Waals surface area contributed by atoms with Gasteiger partial charge in [-0.1, -0.05) is 66.0 Å². The Labute approximate surface area is 194 Å². The molecule has 5 rings (SSSR count). The number of hydrogen-bond acceptors (Lipinski definition) is 3. The van der Waals surface area contributed by atoms with Crippen molar-refractivity contribution in [2.75, 3.05) is 18.5 Å². The molecule has 2 aromatic rings. The molecule has 2 unspecified atom stereocenters. The van der Waals surface area contributed by atoms with Crippen LogP contribution in [0.25, 0.3) is 0 Å². The molecule has 0 bridgehead atoms. The van der Waals surface area contributed by atoms with Gasteiger partial charge < -0.3 is 4.90 Å². The second kappa shape index (κ2) is 9.15. The molecule has 3 aliphatic rings. The van der Waals surface area contributed by atoms with Gasteiger partial charge in [0.05, 0.1) is 22.7 Å². The zero-order valence-electron chi connectivity index (χ0n) is 18.2. The van der Waals surface area contributed by atoms with Gasteiger partial charge in [-0.25, -0.2) is 0 Å². The minimum atomic E-state index is 0.454. The summed E-state index contributed by atoms with van der Waals surface area (Å²) in [6, 6.07) is 17.5. The molecular formula is C27H29N2S2+. The maximum absolute atomic E-state index is 2.44. The lowest BCUT2D eigenvalue weighted by Crippen LogP contribution is -3.05. The minimum Gasteiger partial charge on any atom is -0.335 e. The van der Waals surface area contributed by atoms with Gasteiger partial charge in [-0.15, -0.1) is 0 Å². The Morgan fingerprint density at radius 1 is 1.06 bits per heavy atom. The third-order valence-electron chi connectivity index (χ3n) is 6.15. The first-order valence-electron chi connectivity index (χ1n) is 11.2. The lowest BCUT2D eigenvalue weighted by atomic mass is 9.95. The average Bonchev–Trinajstić information content (AvgIpc) is 3.31. The summed E-state index contributed by atoms with van der Waals surface area (Å²) in [7, 11) is 2.27. The lowest BCUT2D eigenvalue weighted by molar-refractivity contribution is -0.812. The highest BCUT2D eigenvalue weighted by Gasteiger charge is 2.30. The first-order chi connectivity index (χ1) is 15.2. The predicted octanol–water partition coefficient (Wildman–Crippen LogP) is 6.33. The zero-order valence-corrected chi connectivity index (χ0v) is 19.8. The van der Waals surface area contributed by atoms with E-state index in [2.05, 4.69) is 97.8 Å². The Morgan fingerprint density at radius 3 is 2.71 bits per heavy atom. The maximum atomic E-state index is 2.44. The number of fused-ring (bicyclic) bond motifs is 2. The third-order valence-corrected chi connectivity index (χ3v) is 8.64. The average molecular weight is 446 g/mol. The van der Waals surface area contributed by atoms with Gasteiger partial charge in [-0.3, -0.25) is 4.90 Å². The van der Waals surface area contributed by atoms with Crippen molar-refractivity contribution in [3.63, 3.8) is 0 Å². The number of rotatable bonds is 4. The van der Waals surface area contributed by atoms with E-state index in [4.69, 9.17) is 0 Å². The molecule has 1 aliphatic carbocycles. The molecule has 1 N–H and O–H groups in total. The van der Waals surface area contributed by atoms with E-state index in [9.17, 15) is 0 Å². The Balaban J connectivity index is 1.30. The molecule has 158 valence electrons. The van der Waals surface area contributed by atoms with Crippen LogP contribution in [0.1, 0.15) is 26.2 Å². The maximum Gasteiger partial charge on any atom is 0.162 e. The highest BCUT2D eigenvalue weighted by Crippen LogP contribution is 2.46. The summed E-state index contributed by atoms with van der Waals surface area (Å²) in [4.78, 5) is 6.68. The smallest absolute Gasteiger partial charge is 0.162 e. The van der Waals surface area contributed by atoms with E-state index in [1.54, 1.807) is 0 Å². The van der Waals surface area contributed by atoms with Gasteiger partial charge >= 0.3 is 0 Å². The van der Waals surface area contributed by atoms with Gasteiger partial charge in [0.1, 0.15) is 5.69 Å². The van der Waals surface area contributed by atoms with Crippen LogP contribution in [0.5, 0.6) is 0 Å². The van der Waals surface area contributed by atoms with Gasteiger partial charge in [0.15, 0.2) is 5.37 Å². The first kappa shape index (κ1) is 20.7. The normalized spacial score (nSPS) is 25.4. The van der Waals surface area contributed by atoms with Crippen molar-refractivity contribution in [1.82, 2.24) is 0 Å². The summed E-state index contributed by atoms with van der Waals surface area (Å²) < 4.78 is 0. The second-order valence-corrected chi connectivity index (χ2v) is 10.5. The molecule has 0 fully saturated rings. The van der Waals surface area contributed by atoms with Crippen molar-refractivity contribution in [3.05, 3.63) is 95.1 Å². The third kappa shape index (κ3) is 4.30. The number of quaternary nitrogens is 1. The number of benzene rings is 2. The summed E-state index contributed by atoms with van der Waals surface area (Å²) in [5.41, 5.74) is 5.65. The zero-order chi connectivity index (χ0) is 21.2. The van der Waals surface area contributed by atoms with Crippen LogP contribution in [0.4, 0.5) is 11.4 Å². The summed E-state index contributed by atoms with van der Waals surface area (Å²) in [5.74, 6) is 0. The van der Waals surface area contributed by atoms with Crippen molar-refractivity contribution in [1.29, 1.82) is 0 Å². The molecule has 4 heteroatoms. The fourth-order valence-corrected chi connectivity index (χ4v) is 6.97.